The molecule has 0 saturated carbocycles. The molecule has 2 aromatic carbocycles. The van der Waals surface area contributed by atoms with E-state index in [1.807, 2.05) is 60.7 Å². The molecule has 0 spiro atoms. The molecule has 0 radical (unpaired) electrons. The maximum atomic E-state index is 5.90. The summed E-state index contributed by atoms with van der Waals surface area (Å²) >= 11 is 0. The second-order valence-electron chi connectivity index (χ2n) is 4.13. The van der Waals surface area contributed by atoms with Crippen molar-refractivity contribution in [2.24, 2.45) is 10.7 Å². The molecule has 5 nitrogen and oxygen atoms in total. The van der Waals surface area contributed by atoms with Gasteiger partial charge in [-0.2, -0.15) is 9.98 Å². The first-order chi connectivity index (χ1) is 9.83. The Bertz CT molecular complexity index is 720. The van der Waals surface area contributed by atoms with Gasteiger partial charge in [0.1, 0.15) is 5.84 Å². The van der Waals surface area contributed by atoms with E-state index >= 15 is 0 Å². The van der Waals surface area contributed by atoms with Crippen molar-refractivity contribution in [3.05, 3.63) is 66.2 Å². The SMILES string of the molecule is N/C(=N\c1nc(-c2ccccc2)no1)c1ccccc1. The standard InChI is InChI=1S/C15H12N4O/c16-13(11-7-3-1-4-8-11)17-15-18-14(19-20-15)12-9-5-2-6-10-12/h1-10H,(H2,16,17,18,19). The topological polar surface area (TPSA) is 77.3 Å². The second-order valence-corrected chi connectivity index (χ2v) is 4.13. The first kappa shape index (κ1) is 12.1. The maximum absolute atomic E-state index is 5.90. The zero-order chi connectivity index (χ0) is 13.8. The van der Waals surface area contributed by atoms with E-state index in [2.05, 4.69) is 15.1 Å². The molecule has 0 atom stereocenters. The maximum Gasteiger partial charge on any atom is 0.349 e. The molecule has 0 unspecified atom stereocenters. The van der Waals surface area contributed by atoms with E-state index in [1.54, 1.807) is 0 Å². The number of nitrogens with two attached hydrogens (primary N) is 1. The molecule has 0 saturated heterocycles. The molecule has 1 aromatic heterocycles. The van der Waals surface area contributed by atoms with Crippen LogP contribution in [0.2, 0.25) is 0 Å². The number of rotatable bonds is 3. The summed E-state index contributed by atoms with van der Waals surface area (Å²) < 4.78 is 5.08. The number of hydrogen-bond donors (Lipinski definition) is 1. The van der Waals surface area contributed by atoms with Crippen LogP contribution in [0.3, 0.4) is 0 Å². The van der Waals surface area contributed by atoms with Crippen molar-refractivity contribution < 1.29 is 4.52 Å². The lowest BCUT2D eigenvalue weighted by Gasteiger charge is -1.96. The van der Waals surface area contributed by atoms with Crippen LogP contribution in [0.15, 0.2) is 70.2 Å². The predicted octanol–water partition coefficient (Wildman–Crippen LogP) is 2.77. The molecular formula is C15H12N4O. The number of aromatic nitrogens is 2. The number of amidine groups is 1. The van der Waals surface area contributed by atoms with E-state index in [0.717, 1.165) is 11.1 Å². The van der Waals surface area contributed by atoms with Gasteiger partial charge in [-0.25, -0.2) is 0 Å². The highest BCUT2D eigenvalue weighted by atomic mass is 16.5. The summed E-state index contributed by atoms with van der Waals surface area (Å²) in [6.07, 6.45) is 0. The number of nitrogens with zero attached hydrogens (tertiary/aromatic N) is 3. The molecular weight excluding hydrogens is 252 g/mol. The Morgan fingerprint density at radius 1 is 0.950 bits per heavy atom. The van der Waals surface area contributed by atoms with E-state index in [1.165, 1.54) is 0 Å². The van der Waals surface area contributed by atoms with E-state index in [-0.39, 0.29) is 6.01 Å². The highest BCUT2D eigenvalue weighted by Gasteiger charge is 2.08. The molecule has 3 rings (SSSR count). The molecule has 5 heteroatoms. The zero-order valence-corrected chi connectivity index (χ0v) is 10.6. The lowest BCUT2D eigenvalue weighted by molar-refractivity contribution is 0.430. The van der Waals surface area contributed by atoms with Crippen LogP contribution in [-0.2, 0) is 0 Å². The number of hydrogen-bond acceptors (Lipinski definition) is 4. The monoisotopic (exact) mass is 264 g/mol. The number of benzene rings is 2. The van der Waals surface area contributed by atoms with E-state index in [4.69, 9.17) is 10.3 Å². The van der Waals surface area contributed by atoms with E-state index in [0.29, 0.717) is 11.7 Å². The molecule has 0 aliphatic heterocycles. The van der Waals surface area contributed by atoms with Gasteiger partial charge in [0.2, 0.25) is 5.82 Å². The molecule has 0 amide bonds. The van der Waals surface area contributed by atoms with Crippen molar-refractivity contribution in [3.8, 4) is 11.4 Å². The minimum absolute atomic E-state index is 0.144. The van der Waals surface area contributed by atoms with E-state index in [9.17, 15) is 0 Å². The number of aliphatic imine (C=N–C) groups is 1. The van der Waals surface area contributed by atoms with Gasteiger partial charge in [-0.3, -0.25) is 0 Å². The van der Waals surface area contributed by atoms with Gasteiger partial charge in [-0.1, -0.05) is 65.8 Å². The third-order valence-electron chi connectivity index (χ3n) is 2.73. The highest BCUT2D eigenvalue weighted by Crippen LogP contribution is 2.18. The van der Waals surface area contributed by atoms with Gasteiger partial charge >= 0.3 is 6.01 Å². The molecule has 3 aromatic rings. The molecule has 20 heavy (non-hydrogen) atoms. The summed E-state index contributed by atoms with van der Waals surface area (Å²) in [6.45, 7) is 0. The van der Waals surface area contributed by atoms with Gasteiger partial charge in [0, 0.05) is 11.1 Å². The van der Waals surface area contributed by atoms with Crippen LogP contribution in [0.1, 0.15) is 5.56 Å². The third-order valence-corrected chi connectivity index (χ3v) is 2.73. The minimum atomic E-state index is 0.144. The first-order valence-electron chi connectivity index (χ1n) is 6.11. The molecule has 1 heterocycles. The Morgan fingerprint density at radius 2 is 1.60 bits per heavy atom. The van der Waals surface area contributed by atoms with Crippen molar-refractivity contribution in [3.63, 3.8) is 0 Å². The average molecular weight is 264 g/mol. The van der Waals surface area contributed by atoms with Crippen molar-refractivity contribution in [2.45, 2.75) is 0 Å². The zero-order valence-electron chi connectivity index (χ0n) is 10.6. The summed E-state index contributed by atoms with van der Waals surface area (Å²) in [5.74, 6) is 0.832. The quantitative estimate of drug-likeness (QED) is 0.583. The Kier molecular flexibility index (Phi) is 3.24. The summed E-state index contributed by atoms with van der Waals surface area (Å²) in [6, 6.07) is 19.1. The van der Waals surface area contributed by atoms with E-state index < -0.39 is 0 Å². The van der Waals surface area contributed by atoms with Gasteiger partial charge in [-0.05, 0) is 0 Å². The Balaban J connectivity index is 1.88. The average Bonchev–Trinajstić information content (AvgIpc) is 2.97. The molecule has 0 aliphatic carbocycles. The van der Waals surface area contributed by atoms with Crippen LogP contribution < -0.4 is 5.73 Å². The highest BCUT2D eigenvalue weighted by molar-refractivity contribution is 5.98. The van der Waals surface area contributed by atoms with Crippen LogP contribution >= 0.6 is 0 Å². The fourth-order valence-corrected chi connectivity index (χ4v) is 1.74. The molecule has 0 fully saturated rings. The van der Waals surface area contributed by atoms with Gasteiger partial charge in [0.25, 0.3) is 0 Å². The largest absolute Gasteiger partial charge is 0.383 e. The van der Waals surface area contributed by atoms with Gasteiger partial charge in [0.15, 0.2) is 0 Å². The minimum Gasteiger partial charge on any atom is -0.383 e. The lowest BCUT2D eigenvalue weighted by atomic mass is 10.2. The normalized spacial score (nSPS) is 11.5. The van der Waals surface area contributed by atoms with Crippen LogP contribution in [0.4, 0.5) is 6.01 Å². The van der Waals surface area contributed by atoms with Crippen molar-refractivity contribution >= 4 is 11.9 Å². The van der Waals surface area contributed by atoms with Crippen molar-refractivity contribution in [1.82, 2.24) is 10.1 Å². The first-order valence-corrected chi connectivity index (χ1v) is 6.11. The van der Waals surface area contributed by atoms with Crippen molar-refractivity contribution in [2.75, 3.05) is 0 Å². The molecule has 2 N–H and O–H groups in total. The summed E-state index contributed by atoms with van der Waals surface area (Å²) in [5.41, 5.74) is 7.58. The molecule has 0 bridgehead atoms. The summed E-state index contributed by atoms with van der Waals surface area (Å²) in [7, 11) is 0. The molecule has 98 valence electrons. The smallest absolute Gasteiger partial charge is 0.349 e. The van der Waals surface area contributed by atoms with Crippen LogP contribution in [-0.4, -0.2) is 16.0 Å². The van der Waals surface area contributed by atoms with Gasteiger partial charge in [-0.15, -0.1) is 0 Å². The van der Waals surface area contributed by atoms with Crippen LogP contribution in [0.25, 0.3) is 11.4 Å². The van der Waals surface area contributed by atoms with Gasteiger partial charge in [0.05, 0.1) is 0 Å². The second kappa shape index (κ2) is 5.36. The fraction of sp³-hybridized carbons (Fsp3) is 0. The van der Waals surface area contributed by atoms with Crippen LogP contribution in [0, 0.1) is 0 Å². The Morgan fingerprint density at radius 3 is 2.30 bits per heavy atom. The molecule has 0 aliphatic rings. The van der Waals surface area contributed by atoms with Gasteiger partial charge < -0.3 is 10.3 Å². The Labute approximate surface area is 115 Å². The van der Waals surface area contributed by atoms with Crippen molar-refractivity contribution in [1.29, 1.82) is 0 Å². The van der Waals surface area contributed by atoms with Crippen LogP contribution in [0.5, 0.6) is 0 Å². The summed E-state index contributed by atoms with van der Waals surface area (Å²) in [5, 5.41) is 3.88. The fourth-order valence-electron chi connectivity index (χ4n) is 1.74. The third kappa shape index (κ3) is 2.56. The predicted molar refractivity (Wildman–Crippen MR) is 76.6 cm³/mol. The lowest BCUT2D eigenvalue weighted by Crippen LogP contribution is -2.12. The Hall–Kier alpha value is -2.95. The summed E-state index contributed by atoms with van der Waals surface area (Å²) in [4.78, 5) is 8.33.